The number of hydrogen-bond acceptors (Lipinski definition) is 9. The number of ether oxygens (including phenoxy) is 3. The topological polar surface area (TPSA) is 111 Å². The summed E-state index contributed by atoms with van der Waals surface area (Å²) in [5.41, 5.74) is 0. The first-order chi connectivity index (χ1) is 15.1. The molecule has 190 valence electrons. The van der Waals surface area contributed by atoms with Crippen LogP contribution in [0.3, 0.4) is 0 Å². The highest BCUT2D eigenvalue weighted by molar-refractivity contribution is 6.70. The average Bonchev–Trinajstić information content (AvgIpc) is 3.10. The van der Waals surface area contributed by atoms with Crippen molar-refractivity contribution in [3.63, 3.8) is 0 Å². The van der Waals surface area contributed by atoms with Crippen LogP contribution >= 0.6 is 0 Å². The maximum atomic E-state index is 12.9. The molecule has 2 rings (SSSR count). The van der Waals surface area contributed by atoms with Gasteiger partial charge >= 0.3 is 13.1 Å². The highest BCUT2D eigenvalue weighted by Crippen LogP contribution is 2.38. The van der Waals surface area contributed by atoms with E-state index in [9.17, 15) is 9.59 Å². The van der Waals surface area contributed by atoms with Gasteiger partial charge < -0.3 is 37.7 Å². The molecule has 0 aromatic rings. The molecule has 2 fully saturated rings. The van der Waals surface area contributed by atoms with Crippen LogP contribution in [-0.4, -0.2) is 92.7 Å². The van der Waals surface area contributed by atoms with E-state index in [1.807, 2.05) is 26.5 Å². The normalized spacial score (nSPS) is 31.9. The average molecular weight is 506 g/mol. The lowest BCUT2D eigenvalue weighted by Gasteiger charge is -2.50. The van der Waals surface area contributed by atoms with Crippen LogP contribution < -0.4 is 5.32 Å². The molecular weight excluding hydrogens is 465 g/mol. The van der Waals surface area contributed by atoms with Gasteiger partial charge in [-0.1, -0.05) is 0 Å². The highest BCUT2D eigenvalue weighted by atomic mass is 28.4. The van der Waals surface area contributed by atoms with Crippen LogP contribution in [0.25, 0.3) is 0 Å². The van der Waals surface area contributed by atoms with Crippen LogP contribution in [0.1, 0.15) is 13.3 Å². The molecule has 2 heterocycles. The summed E-state index contributed by atoms with van der Waals surface area (Å²) in [6, 6.07) is -0.608. The zero-order valence-corrected chi connectivity index (χ0v) is 23.6. The van der Waals surface area contributed by atoms with Crippen molar-refractivity contribution in [1.29, 1.82) is 0 Å². The predicted molar refractivity (Wildman–Crippen MR) is 128 cm³/mol. The van der Waals surface area contributed by atoms with Gasteiger partial charge in [0, 0.05) is 20.5 Å². The fourth-order valence-corrected chi connectivity index (χ4v) is 6.43. The Morgan fingerprint density at radius 1 is 1.12 bits per heavy atom. The molecule has 1 amide bonds. The summed E-state index contributed by atoms with van der Waals surface area (Å²) >= 11 is 0. The standard InChI is InChI=1S/C20H40BNO9Si2/c1-13(23)22-16-14(30-32(5,6)7)11-20(26-4,19(24)25-3)28-18(16)17(31-33(8,9)10)15-12-27-21(2)29-15/h14-18H,11-12H2,1-10H3,(H,22,23). The van der Waals surface area contributed by atoms with Crippen LogP contribution in [0.15, 0.2) is 0 Å². The molecule has 0 radical (unpaired) electrons. The van der Waals surface area contributed by atoms with E-state index >= 15 is 0 Å². The summed E-state index contributed by atoms with van der Waals surface area (Å²) in [5.74, 6) is -2.64. The van der Waals surface area contributed by atoms with E-state index in [1.165, 1.54) is 21.1 Å². The number of methoxy groups -OCH3 is 2. The van der Waals surface area contributed by atoms with Gasteiger partial charge in [0.05, 0.1) is 32.0 Å². The van der Waals surface area contributed by atoms with Gasteiger partial charge in [0.15, 0.2) is 16.6 Å². The van der Waals surface area contributed by atoms with Crippen LogP contribution in [0.5, 0.6) is 0 Å². The van der Waals surface area contributed by atoms with Crippen molar-refractivity contribution in [3.05, 3.63) is 0 Å². The summed E-state index contributed by atoms with van der Waals surface area (Å²) in [5, 5.41) is 2.99. The minimum atomic E-state index is -2.14. The monoisotopic (exact) mass is 505 g/mol. The lowest BCUT2D eigenvalue weighted by Crippen LogP contribution is -2.70. The van der Waals surface area contributed by atoms with E-state index in [2.05, 4.69) is 25.0 Å². The van der Waals surface area contributed by atoms with Crippen molar-refractivity contribution in [1.82, 2.24) is 5.32 Å². The van der Waals surface area contributed by atoms with Crippen LogP contribution in [-0.2, 0) is 42.0 Å². The third-order valence-electron chi connectivity index (χ3n) is 5.29. The zero-order chi connectivity index (χ0) is 25.2. The molecule has 0 bridgehead atoms. The number of hydrogen-bond donors (Lipinski definition) is 1. The van der Waals surface area contributed by atoms with Gasteiger partial charge in [-0.15, -0.1) is 0 Å². The second-order valence-corrected chi connectivity index (χ2v) is 19.4. The minimum absolute atomic E-state index is 0.0555. The lowest BCUT2D eigenvalue weighted by atomic mass is 9.88. The van der Waals surface area contributed by atoms with Crippen LogP contribution in [0.2, 0.25) is 46.1 Å². The Balaban J connectivity index is 2.60. The Hall–Kier alpha value is -0.801. The molecule has 33 heavy (non-hydrogen) atoms. The van der Waals surface area contributed by atoms with Crippen molar-refractivity contribution in [2.45, 2.75) is 95.7 Å². The van der Waals surface area contributed by atoms with E-state index in [1.54, 1.807) is 0 Å². The number of nitrogens with one attached hydrogen (secondary N) is 1. The summed E-state index contributed by atoms with van der Waals surface area (Å²) < 4.78 is 41.7. The molecule has 0 saturated carbocycles. The van der Waals surface area contributed by atoms with Crippen LogP contribution in [0, 0.1) is 0 Å². The molecule has 2 aliphatic heterocycles. The molecule has 6 unspecified atom stereocenters. The van der Waals surface area contributed by atoms with Gasteiger partial charge in [-0.25, -0.2) is 4.79 Å². The largest absolute Gasteiger partial charge is 0.465 e. The first kappa shape index (κ1) is 28.4. The number of rotatable bonds is 9. The summed E-state index contributed by atoms with van der Waals surface area (Å²) in [7, 11) is -1.99. The summed E-state index contributed by atoms with van der Waals surface area (Å²) in [4.78, 5) is 25.1. The molecule has 0 aromatic carbocycles. The van der Waals surface area contributed by atoms with Crippen molar-refractivity contribution >= 4 is 35.6 Å². The molecule has 0 spiro atoms. The maximum absolute atomic E-state index is 12.9. The van der Waals surface area contributed by atoms with Gasteiger partial charge in [0.2, 0.25) is 5.91 Å². The molecule has 2 aliphatic rings. The van der Waals surface area contributed by atoms with Gasteiger partial charge in [-0.2, -0.15) is 0 Å². The highest BCUT2D eigenvalue weighted by Gasteiger charge is 2.58. The number of esters is 1. The number of carbonyl (C=O) groups is 2. The second kappa shape index (κ2) is 10.9. The van der Waals surface area contributed by atoms with Crippen molar-refractivity contribution in [2.24, 2.45) is 0 Å². The van der Waals surface area contributed by atoms with Crippen molar-refractivity contribution in [3.8, 4) is 0 Å². The Labute approximate surface area is 199 Å². The van der Waals surface area contributed by atoms with E-state index in [4.69, 9.17) is 32.4 Å². The summed E-state index contributed by atoms with van der Waals surface area (Å²) in [6.07, 6.45) is -2.46. The van der Waals surface area contributed by atoms with E-state index in [-0.39, 0.29) is 12.3 Å². The Bertz CT molecular complexity index is 702. The Morgan fingerprint density at radius 2 is 1.76 bits per heavy atom. The fourth-order valence-electron chi connectivity index (χ4n) is 4.19. The molecule has 13 heteroatoms. The predicted octanol–water partition coefficient (Wildman–Crippen LogP) is 1.77. The zero-order valence-electron chi connectivity index (χ0n) is 21.6. The molecule has 6 atom stereocenters. The molecule has 2 saturated heterocycles. The summed E-state index contributed by atoms with van der Waals surface area (Å²) in [6.45, 7) is 15.8. The van der Waals surface area contributed by atoms with E-state index in [0.29, 0.717) is 6.61 Å². The third kappa shape index (κ3) is 7.59. The van der Waals surface area contributed by atoms with Gasteiger partial charge in [-0.05, 0) is 46.1 Å². The van der Waals surface area contributed by atoms with Gasteiger partial charge in [-0.3, -0.25) is 4.79 Å². The lowest BCUT2D eigenvalue weighted by molar-refractivity contribution is -0.300. The molecular formula is C20H40BNO9Si2. The Kier molecular flexibility index (Phi) is 9.35. The molecule has 0 aromatic heterocycles. The Morgan fingerprint density at radius 3 is 2.18 bits per heavy atom. The van der Waals surface area contributed by atoms with Crippen molar-refractivity contribution < 1.29 is 42.0 Å². The van der Waals surface area contributed by atoms with E-state index in [0.717, 1.165) is 0 Å². The van der Waals surface area contributed by atoms with Crippen LogP contribution in [0.4, 0.5) is 0 Å². The quantitative estimate of drug-likeness (QED) is 0.370. The van der Waals surface area contributed by atoms with Gasteiger partial charge in [0.1, 0.15) is 12.2 Å². The number of carbonyl (C=O) groups excluding carboxylic acids is 2. The molecule has 1 N–H and O–H groups in total. The third-order valence-corrected chi connectivity index (χ3v) is 7.28. The second-order valence-electron chi connectivity index (χ2n) is 10.5. The molecule has 10 nitrogen and oxygen atoms in total. The van der Waals surface area contributed by atoms with E-state index < -0.39 is 66.0 Å². The number of amides is 1. The fraction of sp³-hybridized carbons (Fsp3) is 0.900. The van der Waals surface area contributed by atoms with Crippen molar-refractivity contribution in [2.75, 3.05) is 20.8 Å². The maximum Gasteiger partial charge on any atom is 0.453 e. The smallest absolute Gasteiger partial charge is 0.453 e. The minimum Gasteiger partial charge on any atom is -0.465 e. The van der Waals surface area contributed by atoms with Gasteiger partial charge in [0.25, 0.3) is 5.79 Å². The SMILES string of the molecule is COC(=O)C1(OC)CC(O[Si](C)(C)C)C(NC(C)=O)C(C(O[Si](C)(C)C)C2COB(C)O2)O1. The molecule has 0 aliphatic carbocycles. The first-order valence-corrected chi connectivity index (χ1v) is 18.1. The first-order valence-electron chi connectivity index (χ1n) is 11.3.